The summed E-state index contributed by atoms with van der Waals surface area (Å²) < 4.78 is 5.72. The van der Waals surface area contributed by atoms with E-state index in [2.05, 4.69) is 0 Å². The zero-order valence-corrected chi connectivity index (χ0v) is 17.1. The largest absolute Gasteiger partial charge is 0.497 e. The lowest BCUT2D eigenvalue weighted by molar-refractivity contribution is -0.122. The number of thiocarbonyl (C=S) groups is 1. The fourth-order valence-electron chi connectivity index (χ4n) is 2.60. The molecule has 0 radical (unpaired) electrons. The Balaban J connectivity index is 1.66. The number of rotatable bonds is 6. The quantitative estimate of drug-likeness (QED) is 0.475. The van der Waals surface area contributed by atoms with Gasteiger partial charge in [0.05, 0.1) is 12.0 Å². The molecule has 1 aliphatic rings. The Bertz CT molecular complexity index is 892. The Morgan fingerprint density at radius 3 is 2.56 bits per heavy atom. The van der Waals surface area contributed by atoms with Crippen molar-refractivity contribution in [3.05, 3.63) is 81.7 Å². The third-order valence-electron chi connectivity index (χ3n) is 4.03. The molecule has 1 fully saturated rings. The minimum Gasteiger partial charge on any atom is -0.497 e. The first-order chi connectivity index (χ1) is 13.1. The van der Waals surface area contributed by atoms with E-state index in [4.69, 9.17) is 28.6 Å². The van der Waals surface area contributed by atoms with Crippen molar-refractivity contribution in [2.45, 2.75) is 6.42 Å². The van der Waals surface area contributed by atoms with Crippen molar-refractivity contribution in [3.8, 4) is 5.75 Å². The second kappa shape index (κ2) is 9.22. The number of amides is 1. The summed E-state index contributed by atoms with van der Waals surface area (Å²) in [4.78, 5) is 14.8. The number of carbonyl (C=O) groups excluding carboxylic acids is 1. The summed E-state index contributed by atoms with van der Waals surface area (Å²) in [6.45, 7) is 0.536. The highest BCUT2D eigenvalue weighted by atomic mass is 35.5. The van der Waals surface area contributed by atoms with E-state index in [0.717, 1.165) is 23.3 Å². The summed E-state index contributed by atoms with van der Waals surface area (Å²) in [5.74, 6) is 0.713. The molecular formula is C21H18ClNO2S2. The molecule has 138 valence electrons. The fourth-order valence-corrected chi connectivity index (χ4v) is 4.20. The Hall–Kier alpha value is -2.08. The van der Waals surface area contributed by atoms with Gasteiger partial charge in [-0.15, -0.1) is 0 Å². The molecule has 1 aliphatic heterocycles. The zero-order chi connectivity index (χ0) is 19.2. The molecule has 2 aromatic rings. The molecule has 0 aliphatic carbocycles. The molecule has 6 heteroatoms. The predicted octanol–water partition coefficient (Wildman–Crippen LogP) is 5.26. The van der Waals surface area contributed by atoms with Crippen molar-refractivity contribution in [2.75, 3.05) is 13.7 Å². The van der Waals surface area contributed by atoms with Crippen LogP contribution < -0.4 is 4.74 Å². The smallest absolute Gasteiger partial charge is 0.266 e. The Kier molecular flexibility index (Phi) is 6.72. The molecule has 2 aromatic carbocycles. The SMILES string of the molecule is COc1ccc(CCN2C(=O)C(=CC(Cl)=Cc3ccccc3)SC2=S)cc1. The van der Waals surface area contributed by atoms with E-state index in [1.165, 1.54) is 11.8 Å². The van der Waals surface area contributed by atoms with Gasteiger partial charge in [0.15, 0.2) is 0 Å². The lowest BCUT2D eigenvalue weighted by Gasteiger charge is -2.14. The first-order valence-corrected chi connectivity index (χ1v) is 9.97. The standard InChI is InChI=1S/C21H18ClNO2S2/c1-25-18-9-7-15(8-10-18)11-12-23-20(24)19(27-21(23)26)14-17(22)13-16-5-3-2-4-6-16/h2-10,13-14H,11-12H2,1H3. The minimum atomic E-state index is -0.0990. The van der Waals surface area contributed by atoms with E-state index in [1.54, 1.807) is 18.1 Å². The van der Waals surface area contributed by atoms with Gasteiger partial charge in [-0.1, -0.05) is 78.0 Å². The van der Waals surface area contributed by atoms with Crippen LogP contribution >= 0.6 is 35.6 Å². The molecule has 0 spiro atoms. The topological polar surface area (TPSA) is 29.5 Å². The van der Waals surface area contributed by atoms with Gasteiger partial charge >= 0.3 is 0 Å². The second-order valence-corrected chi connectivity index (χ2v) is 7.98. The van der Waals surface area contributed by atoms with E-state index >= 15 is 0 Å². The Morgan fingerprint density at radius 1 is 1.19 bits per heavy atom. The Morgan fingerprint density at radius 2 is 1.89 bits per heavy atom. The summed E-state index contributed by atoms with van der Waals surface area (Å²) in [7, 11) is 1.64. The van der Waals surface area contributed by atoms with Gasteiger partial charge in [0.1, 0.15) is 10.1 Å². The first-order valence-electron chi connectivity index (χ1n) is 8.37. The molecule has 0 atom stereocenters. The molecule has 3 nitrogen and oxygen atoms in total. The number of nitrogens with zero attached hydrogens (tertiary/aromatic N) is 1. The molecular weight excluding hydrogens is 398 g/mol. The molecule has 0 bridgehead atoms. The highest BCUT2D eigenvalue weighted by Crippen LogP contribution is 2.32. The van der Waals surface area contributed by atoms with Crippen LogP contribution in [0, 0.1) is 0 Å². The van der Waals surface area contributed by atoms with Crippen molar-refractivity contribution >= 4 is 51.9 Å². The van der Waals surface area contributed by atoms with Crippen molar-refractivity contribution in [1.82, 2.24) is 4.90 Å². The molecule has 1 amide bonds. The minimum absolute atomic E-state index is 0.0990. The number of allylic oxidation sites excluding steroid dienone is 2. The van der Waals surface area contributed by atoms with Gasteiger partial charge in [0, 0.05) is 11.6 Å². The van der Waals surface area contributed by atoms with Crippen LogP contribution in [0.15, 0.2) is 70.6 Å². The lowest BCUT2D eigenvalue weighted by atomic mass is 10.1. The number of methoxy groups -OCH3 is 1. The lowest BCUT2D eigenvalue weighted by Crippen LogP contribution is -2.30. The summed E-state index contributed by atoms with van der Waals surface area (Å²) >= 11 is 13.0. The van der Waals surface area contributed by atoms with Crippen molar-refractivity contribution in [1.29, 1.82) is 0 Å². The van der Waals surface area contributed by atoms with Gasteiger partial charge in [-0.05, 0) is 41.8 Å². The number of halogens is 1. The van der Waals surface area contributed by atoms with Crippen LogP contribution in [0.3, 0.4) is 0 Å². The normalized spacial score (nSPS) is 16.3. The fraction of sp³-hybridized carbons (Fsp3) is 0.143. The summed E-state index contributed by atoms with van der Waals surface area (Å²) in [5, 5.41) is 0.497. The molecule has 1 heterocycles. The van der Waals surface area contributed by atoms with E-state index in [0.29, 0.717) is 20.8 Å². The molecule has 0 saturated carbocycles. The van der Waals surface area contributed by atoms with E-state index in [-0.39, 0.29) is 5.91 Å². The zero-order valence-electron chi connectivity index (χ0n) is 14.7. The number of hydrogen-bond donors (Lipinski definition) is 0. The van der Waals surface area contributed by atoms with Gasteiger partial charge < -0.3 is 4.74 Å². The van der Waals surface area contributed by atoms with E-state index in [1.807, 2.05) is 60.7 Å². The first kappa shape index (κ1) is 19.7. The molecule has 1 saturated heterocycles. The molecule has 3 rings (SSSR count). The van der Waals surface area contributed by atoms with Crippen molar-refractivity contribution < 1.29 is 9.53 Å². The van der Waals surface area contributed by atoms with Crippen molar-refractivity contribution in [3.63, 3.8) is 0 Å². The van der Waals surface area contributed by atoms with Crippen LogP contribution in [0.25, 0.3) is 6.08 Å². The van der Waals surface area contributed by atoms with Crippen LogP contribution in [0.1, 0.15) is 11.1 Å². The predicted molar refractivity (Wildman–Crippen MR) is 117 cm³/mol. The van der Waals surface area contributed by atoms with Gasteiger partial charge in [-0.3, -0.25) is 9.69 Å². The van der Waals surface area contributed by atoms with Gasteiger partial charge in [0.2, 0.25) is 0 Å². The number of benzene rings is 2. The maximum Gasteiger partial charge on any atom is 0.266 e. The van der Waals surface area contributed by atoms with Crippen LogP contribution in [-0.2, 0) is 11.2 Å². The molecule has 27 heavy (non-hydrogen) atoms. The number of ether oxygens (including phenoxy) is 1. The van der Waals surface area contributed by atoms with E-state index < -0.39 is 0 Å². The highest BCUT2D eigenvalue weighted by Gasteiger charge is 2.31. The average Bonchev–Trinajstić information content (AvgIpc) is 2.94. The number of hydrogen-bond acceptors (Lipinski definition) is 4. The van der Waals surface area contributed by atoms with Crippen LogP contribution in [0.2, 0.25) is 0 Å². The molecule has 0 aromatic heterocycles. The second-order valence-electron chi connectivity index (χ2n) is 5.87. The summed E-state index contributed by atoms with van der Waals surface area (Å²) in [6.07, 6.45) is 4.23. The maximum absolute atomic E-state index is 12.7. The summed E-state index contributed by atoms with van der Waals surface area (Å²) in [5.41, 5.74) is 2.10. The average molecular weight is 416 g/mol. The number of carbonyl (C=O) groups is 1. The van der Waals surface area contributed by atoms with Crippen molar-refractivity contribution in [2.24, 2.45) is 0 Å². The van der Waals surface area contributed by atoms with E-state index in [9.17, 15) is 4.79 Å². The van der Waals surface area contributed by atoms with Crippen LogP contribution in [0.5, 0.6) is 5.75 Å². The third-order valence-corrected chi connectivity index (χ3v) is 5.63. The molecule has 0 N–H and O–H groups in total. The maximum atomic E-state index is 12.7. The van der Waals surface area contributed by atoms with Gasteiger partial charge in [0.25, 0.3) is 5.91 Å². The monoisotopic (exact) mass is 415 g/mol. The summed E-state index contributed by atoms with van der Waals surface area (Å²) in [6, 6.07) is 17.5. The molecule has 0 unspecified atom stereocenters. The van der Waals surface area contributed by atoms with Crippen LogP contribution in [-0.4, -0.2) is 28.8 Å². The number of thioether (sulfide) groups is 1. The van der Waals surface area contributed by atoms with Gasteiger partial charge in [-0.2, -0.15) is 0 Å². The highest BCUT2D eigenvalue weighted by molar-refractivity contribution is 8.26. The van der Waals surface area contributed by atoms with Gasteiger partial charge in [-0.25, -0.2) is 0 Å². The third kappa shape index (κ3) is 5.22. The van der Waals surface area contributed by atoms with Crippen LogP contribution in [0.4, 0.5) is 0 Å². The Labute approximate surface area is 173 Å².